The van der Waals surface area contributed by atoms with E-state index >= 15 is 0 Å². The Morgan fingerprint density at radius 2 is 2.14 bits per heavy atom. The highest BCUT2D eigenvalue weighted by molar-refractivity contribution is 6.30. The second-order valence-corrected chi connectivity index (χ2v) is 6.73. The SMILES string of the molecule is O=C(Nc1ccncc1F)N1CCCNc2ccc(-c3cccc(Cl)c3)nc21. The number of urea groups is 1. The largest absolute Gasteiger partial charge is 0.382 e. The predicted molar refractivity (Wildman–Crippen MR) is 108 cm³/mol. The van der Waals surface area contributed by atoms with Gasteiger partial charge in [-0.3, -0.25) is 9.88 Å². The van der Waals surface area contributed by atoms with Gasteiger partial charge in [0, 0.05) is 29.9 Å². The summed E-state index contributed by atoms with van der Waals surface area (Å²) in [4.78, 5) is 22.8. The van der Waals surface area contributed by atoms with Gasteiger partial charge in [0.2, 0.25) is 0 Å². The zero-order chi connectivity index (χ0) is 19.5. The van der Waals surface area contributed by atoms with Gasteiger partial charge in [-0.1, -0.05) is 23.7 Å². The van der Waals surface area contributed by atoms with Gasteiger partial charge in [0.1, 0.15) is 0 Å². The standard InChI is InChI=1S/C20H17ClFN5O/c21-14-4-1-3-13(11-14)16-5-6-18-19(25-16)27(10-2-8-24-18)20(28)26-17-7-9-23-12-15(17)22/h1,3-7,9,11-12,24H,2,8,10H2,(H,23,26,28). The molecule has 1 aliphatic heterocycles. The van der Waals surface area contributed by atoms with E-state index in [9.17, 15) is 9.18 Å². The van der Waals surface area contributed by atoms with Crippen molar-refractivity contribution in [3.05, 3.63) is 65.7 Å². The lowest BCUT2D eigenvalue weighted by molar-refractivity contribution is 0.256. The van der Waals surface area contributed by atoms with Crippen molar-refractivity contribution < 1.29 is 9.18 Å². The Bertz CT molecular complexity index is 1030. The van der Waals surface area contributed by atoms with Crippen LogP contribution in [0.25, 0.3) is 11.3 Å². The maximum Gasteiger partial charge on any atom is 0.327 e. The van der Waals surface area contributed by atoms with Crippen molar-refractivity contribution >= 4 is 34.8 Å². The molecule has 4 rings (SSSR count). The number of pyridine rings is 2. The van der Waals surface area contributed by atoms with E-state index in [1.165, 1.54) is 17.2 Å². The number of nitrogens with zero attached hydrogens (tertiary/aromatic N) is 3. The molecule has 0 radical (unpaired) electrons. The molecule has 1 aliphatic rings. The summed E-state index contributed by atoms with van der Waals surface area (Å²) in [6.45, 7) is 1.16. The van der Waals surface area contributed by atoms with Gasteiger partial charge in [-0.15, -0.1) is 0 Å². The molecule has 0 saturated heterocycles. The number of anilines is 3. The van der Waals surface area contributed by atoms with E-state index in [1.54, 1.807) is 6.07 Å². The number of nitrogens with one attached hydrogen (secondary N) is 2. The number of hydrogen-bond acceptors (Lipinski definition) is 4. The van der Waals surface area contributed by atoms with Gasteiger partial charge in [0.15, 0.2) is 11.6 Å². The van der Waals surface area contributed by atoms with E-state index in [1.807, 2.05) is 30.3 Å². The fraction of sp³-hybridized carbons (Fsp3) is 0.150. The van der Waals surface area contributed by atoms with Gasteiger partial charge in [0.25, 0.3) is 0 Å². The molecular weight excluding hydrogens is 381 g/mol. The Morgan fingerprint density at radius 3 is 2.96 bits per heavy atom. The van der Waals surface area contributed by atoms with Gasteiger partial charge in [-0.05, 0) is 36.8 Å². The number of halogens is 2. The van der Waals surface area contributed by atoms with Crippen LogP contribution in [-0.2, 0) is 0 Å². The molecule has 0 fully saturated rings. The van der Waals surface area contributed by atoms with Crippen LogP contribution < -0.4 is 15.5 Å². The van der Waals surface area contributed by atoms with Crippen LogP contribution >= 0.6 is 11.6 Å². The first-order chi connectivity index (χ1) is 13.6. The molecule has 2 N–H and O–H groups in total. The maximum absolute atomic E-state index is 13.9. The number of carbonyl (C=O) groups excluding carboxylic acids is 1. The third-order valence-corrected chi connectivity index (χ3v) is 4.62. The van der Waals surface area contributed by atoms with Crippen molar-refractivity contribution in [3.8, 4) is 11.3 Å². The fourth-order valence-corrected chi connectivity index (χ4v) is 3.21. The molecule has 0 bridgehead atoms. The zero-order valence-corrected chi connectivity index (χ0v) is 15.6. The number of carbonyl (C=O) groups is 1. The highest BCUT2D eigenvalue weighted by Crippen LogP contribution is 2.31. The minimum atomic E-state index is -0.593. The number of benzene rings is 1. The van der Waals surface area contributed by atoms with E-state index in [2.05, 4.69) is 20.6 Å². The quantitative estimate of drug-likeness (QED) is 0.652. The first kappa shape index (κ1) is 18.2. The van der Waals surface area contributed by atoms with Crippen LogP contribution in [-0.4, -0.2) is 29.1 Å². The second kappa shape index (κ2) is 7.82. The number of amides is 2. The lowest BCUT2D eigenvalue weighted by Gasteiger charge is -2.22. The minimum absolute atomic E-state index is 0.0738. The number of hydrogen-bond donors (Lipinski definition) is 2. The molecule has 0 saturated carbocycles. The smallest absolute Gasteiger partial charge is 0.327 e. The Labute approximate surface area is 166 Å². The first-order valence-corrected chi connectivity index (χ1v) is 9.18. The molecule has 1 aromatic carbocycles. The summed E-state index contributed by atoms with van der Waals surface area (Å²) in [5.41, 5.74) is 2.36. The summed E-state index contributed by atoms with van der Waals surface area (Å²) in [5.74, 6) is -0.105. The van der Waals surface area contributed by atoms with Crippen molar-refractivity contribution in [2.45, 2.75) is 6.42 Å². The van der Waals surface area contributed by atoms with Crippen molar-refractivity contribution in [1.82, 2.24) is 9.97 Å². The first-order valence-electron chi connectivity index (χ1n) is 8.81. The molecule has 6 nitrogen and oxygen atoms in total. The lowest BCUT2D eigenvalue weighted by atomic mass is 10.1. The molecule has 3 heterocycles. The average Bonchev–Trinajstić information content (AvgIpc) is 2.91. The summed E-state index contributed by atoms with van der Waals surface area (Å²) in [6, 6.07) is 12.1. The van der Waals surface area contributed by atoms with Crippen LogP contribution in [0.2, 0.25) is 5.02 Å². The van der Waals surface area contributed by atoms with Crippen LogP contribution in [0.3, 0.4) is 0 Å². The van der Waals surface area contributed by atoms with Crippen LogP contribution in [0, 0.1) is 5.82 Å². The molecule has 0 aliphatic carbocycles. The fourth-order valence-electron chi connectivity index (χ4n) is 3.02. The van der Waals surface area contributed by atoms with Crippen molar-refractivity contribution in [1.29, 1.82) is 0 Å². The maximum atomic E-state index is 13.9. The third-order valence-electron chi connectivity index (χ3n) is 4.38. The Kier molecular flexibility index (Phi) is 5.08. The molecule has 142 valence electrons. The number of fused-ring (bicyclic) bond motifs is 1. The van der Waals surface area contributed by atoms with Gasteiger partial charge in [-0.25, -0.2) is 14.2 Å². The zero-order valence-electron chi connectivity index (χ0n) is 14.8. The van der Waals surface area contributed by atoms with Gasteiger partial charge in [0.05, 0.1) is 23.3 Å². The molecule has 0 unspecified atom stereocenters. The molecule has 0 atom stereocenters. The van der Waals surface area contributed by atoms with Crippen LogP contribution in [0.1, 0.15) is 6.42 Å². The molecule has 8 heteroatoms. The van der Waals surface area contributed by atoms with Gasteiger partial charge >= 0.3 is 6.03 Å². The summed E-state index contributed by atoms with van der Waals surface area (Å²) in [6.07, 6.45) is 3.21. The summed E-state index contributed by atoms with van der Waals surface area (Å²) < 4.78 is 13.9. The normalized spacial score (nSPS) is 13.3. The third kappa shape index (κ3) is 3.75. The van der Waals surface area contributed by atoms with E-state index in [0.29, 0.717) is 29.6 Å². The highest BCUT2D eigenvalue weighted by atomic mass is 35.5. The van der Waals surface area contributed by atoms with E-state index < -0.39 is 11.8 Å². The van der Waals surface area contributed by atoms with Gasteiger partial charge in [-0.2, -0.15) is 0 Å². The predicted octanol–water partition coefficient (Wildman–Crippen LogP) is 4.79. The molecule has 3 aromatic rings. The molecule has 2 amide bonds. The number of rotatable bonds is 2. The van der Waals surface area contributed by atoms with Crippen LogP contribution in [0.4, 0.5) is 26.4 Å². The van der Waals surface area contributed by atoms with E-state index in [4.69, 9.17) is 11.6 Å². The van der Waals surface area contributed by atoms with Crippen molar-refractivity contribution in [2.24, 2.45) is 0 Å². The summed E-state index contributed by atoms with van der Waals surface area (Å²) in [7, 11) is 0. The van der Waals surface area contributed by atoms with Gasteiger partial charge < -0.3 is 10.6 Å². The summed E-state index contributed by atoms with van der Waals surface area (Å²) >= 11 is 6.09. The van der Waals surface area contributed by atoms with Crippen LogP contribution in [0.15, 0.2) is 54.9 Å². The van der Waals surface area contributed by atoms with Crippen molar-refractivity contribution in [2.75, 3.05) is 28.6 Å². The Morgan fingerprint density at radius 1 is 1.25 bits per heavy atom. The second-order valence-electron chi connectivity index (χ2n) is 6.30. The molecular formula is C20H17ClFN5O. The monoisotopic (exact) mass is 397 g/mol. The lowest BCUT2D eigenvalue weighted by Crippen LogP contribution is -2.36. The summed E-state index contributed by atoms with van der Waals surface area (Å²) in [5, 5.41) is 6.49. The van der Waals surface area contributed by atoms with E-state index in [0.717, 1.165) is 23.9 Å². The van der Waals surface area contributed by atoms with Crippen LogP contribution in [0.5, 0.6) is 0 Å². The molecule has 2 aromatic heterocycles. The topological polar surface area (TPSA) is 70.2 Å². The van der Waals surface area contributed by atoms with E-state index in [-0.39, 0.29) is 5.69 Å². The molecule has 0 spiro atoms. The highest BCUT2D eigenvalue weighted by Gasteiger charge is 2.24. The molecule has 28 heavy (non-hydrogen) atoms. The van der Waals surface area contributed by atoms with Crippen molar-refractivity contribution in [3.63, 3.8) is 0 Å². The number of aromatic nitrogens is 2. The average molecular weight is 398 g/mol. The Hall–Kier alpha value is -3.19. The Balaban J connectivity index is 1.69. The minimum Gasteiger partial charge on any atom is -0.382 e.